The van der Waals surface area contributed by atoms with E-state index in [2.05, 4.69) is 10.6 Å². The molecule has 0 aromatic carbocycles. The molecule has 1 saturated heterocycles. The molecule has 4 heteroatoms. The molecular weight excluding hydrogens is 324 g/mol. The Kier molecular flexibility index (Phi) is 9.22. The van der Waals surface area contributed by atoms with E-state index in [1.54, 1.807) is 7.05 Å². The van der Waals surface area contributed by atoms with Gasteiger partial charge in [0.25, 0.3) is 0 Å². The number of hydrogen-bond donors (Lipinski definition) is 2. The fourth-order valence-electron chi connectivity index (χ4n) is 1.13. The van der Waals surface area contributed by atoms with Crippen LogP contribution in [0.15, 0.2) is 0 Å². The molecule has 0 aromatic heterocycles. The molecule has 1 rings (SSSR count). The van der Waals surface area contributed by atoms with Gasteiger partial charge < -0.3 is 22.9 Å². The van der Waals surface area contributed by atoms with Crippen molar-refractivity contribution < 1.29 is 25.9 Å². The van der Waals surface area contributed by atoms with Crippen LogP contribution in [0.5, 0.6) is 0 Å². The molecular formula is C8H16N2OW. The summed E-state index contributed by atoms with van der Waals surface area (Å²) in [6.45, 7) is 1.89. The monoisotopic (exact) mass is 340 g/mol. The van der Waals surface area contributed by atoms with Crippen LogP contribution in [0.2, 0.25) is 0 Å². The van der Waals surface area contributed by atoms with Gasteiger partial charge in [-0.3, -0.25) is 5.92 Å². The number of rotatable bonds is 1. The van der Waals surface area contributed by atoms with E-state index in [0.717, 1.165) is 31.8 Å². The first-order valence-corrected chi connectivity index (χ1v) is 3.62. The number of hydrogen-bond acceptors (Lipinski definition) is 2. The maximum atomic E-state index is 11.0. The molecule has 1 fully saturated rings. The van der Waals surface area contributed by atoms with Crippen LogP contribution in [0, 0.1) is 13.3 Å². The quantitative estimate of drug-likeness (QED) is 0.667. The average molecular weight is 340 g/mol. The second kappa shape index (κ2) is 7.63. The molecule has 0 radical (unpaired) electrons. The first-order chi connectivity index (χ1) is 4.84. The number of nitrogens with one attached hydrogen (secondary N) is 2. The van der Waals surface area contributed by atoms with Gasteiger partial charge in [0, 0.05) is 7.05 Å². The van der Waals surface area contributed by atoms with Crippen molar-refractivity contribution in [3.05, 3.63) is 13.3 Å². The van der Waals surface area contributed by atoms with Gasteiger partial charge in [0.1, 0.15) is 0 Å². The van der Waals surface area contributed by atoms with E-state index < -0.39 is 0 Å². The van der Waals surface area contributed by atoms with Gasteiger partial charge in [-0.2, -0.15) is 0 Å². The van der Waals surface area contributed by atoms with Gasteiger partial charge in [0.2, 0.25) is 0 Å². The predicted molar refractivity (Wildman–Crippen MR) is 45.8 cm³/mol. The largest absolute Gasteiger partial charge is 2.00 e. The summed E-state index contributed by atoms with van der Waals surface area (Å²) in [4.78, 5) is 11.0. The maximum absolute atomic E-state index is 11.0. The van der Waals surface area contributed by atoms with Crippen molar-refractivity contribution in [3.8, 4) is 0 Å². The zero-order valence-electron chi connectivity index (χ0n) is 7.64. The zero-order chi connectivity index (χ0) is 7.40. The first-order valence-electron chi connectivity index (χ1n) is 3.62. The Morgan fingerprint density at radius 1 is 1.42 bits per heavy atom. The summed E-state index contributed by atoms with van der Waals surface area (Å²) in [6.07, 6.45) is 1.80. The van der Waals surface area contributed by atoms with Gasteiger partial charge in [0.15, 0.2) is 0 Å². The number of carbonyl (C=O) groups excluding carboxylic acids is 1. The van der Waals surface area contributed by atoms with Crippen LogP contribution in [0.3, 0.4) is 0 Å². The summed E-state index contributed by atoms with van der Waals surface area (Å²) in [5, 5.41) is 5.82. The molecule has 3 nitrogen and oxygen atoms in total. The van der Waals surface area contributed by atoms with Crippen LogP contribution in [0.25, 0.3) is 0 Å². The summed E-state index contributed by atoms with van der Waals surface area (Å²) in [6, 6.07) is 0. The molecule has 12 heavy (non-hydrogen) atoms. The van der Waals surface area contributed by atoms with E-state index in [-0.39, 0.29) is 34.4 Å². The Bertz CT molecular complexity index is 124. The molecule has 0 unspecified atom stereocenters. The van der Waals surface area contributed by atoms with Crippen LogP contribution in [0.4, 0.5) is 0 Å². The van der Waals surface area contributed by atoms with E-state index in [4.69, 9.17) is 0 Å². The van der Waals surface area contributed by atoms with Crippen molar-refractivity contribution in [1.82, 2.24) is 10.6 Å². The van der Waals surface area contributed by atoms with Crippen molar-refractivity contribution in [2.75, 3.05) is 20.1 Å². The van der Waals surface area contributed by atoms with Crippen molar-refractivity contribution in [2.24, 2.45) is 0 Å². The minimum atomic E-state index is 0. The Morgan fingerprint density at radius 3 is 2.33 bits per heavy atom. The third kappa shape index (κ3) is 4.12. The normalized spacial score (nSPS) is 15.6. The van der Waals surface area contributed by atoms with Crippen LogP contribution in [-0.4, -0.2) is 26.0 Å². The SMILES string of the molecule is CNC(=O)[C-]1CCNCC1.[CH3-].[W+2]. The second-order valence-electron chi connectivity index (χ2n) is 2.43. The molecule has 0 atom stereocenters. The van der Waals surface area contributed by atoms with Gasteiger partial charge in [-0.1, -0.05) is 0 Å². The third-order valence-corrected chi connectivity index (χ3v) is 1.76. The minimum Gasteiger partial charge on any atom is -0.384 e. The van der Waals surface area contributed by atoms with Crippen LogP contribution >= 0.6 is 0 Å². The minimum absolute atomic E-state index is 0. The second-order valence-corrected chi connectivity index (χ2v) is 2.43. The molecule has 1 aliphatic heterocycles. The van der Waals surface area contributed by atoms with Gasteiger partial charge in [-0.15, -0.1) is 12.8 Å². The molecule has 1 heterocycles. The molecule has 1 aliphatic rings. The number of amides is 1. The van der Waals surface area contributed by atoms with Crippen LogP contribution in [0.1, 0.15) is 12.8 Å². The van der Waals surface area contributed by atoms with Crippen molar-refractivity contribution in [2.45, 2.75) is 12.8 Å². The average Bonchev–Trinajstić information content (AvgIpc) is 2.05. The van der Waals surface area contributed by atoms with E-state index in [1.807, 2.05) is 0 Å². The smallest absolute Gasteiger partial charge is 0.384 e. The Morgan fingerprint density at radius 2 is 1.92 bits per heavy atom. The fraction of sp³-hybridized carbons (Fsp3) is 0.625. The van der Waals surface area contributed by atoms with Crippen LogP contribution < -0.4 is 10.6 Å². The Balaban J connectivity index is 0. The standard InChI is InChI=1S/C7H13N2O.CH3.W/c1-8-7(10)6-2-4-9-5-3-6;;/h9H,2-5H2,1H3,(H,8,10);1H3;/q2*-1;+2. The predicted octanol–water partition coefficient (Wildman–Crippen LogP) is 0.138. The summed E-state index contributed by atoms with van der Waals surface area (Å²) in [5.41, 5.74) is 0. The maximum Gasteiger partial charge on any atom is 2.00 e. The third-order valence-electron chi connectivity index (χ3n) is 1.76. The number of piperidine rings is 1. The summed E-state index contributed by atoms with van der Waals surface area (Å²) >= 11 is 0. The van der Waals surface area contributed by atoms with Gasteiger partial charge in [-0.25, -0.2) is 0 Å². The van der Waals surface area contributed by atoms with Crippen molar-refractivity contribution >= 4 is 5.91 Å². The van der Waals surface area contributed by atoms with Gasteiger partial charge >= 0.3 is 21.1 Å². The van der Waals surface area contributed by atoms with Gasteiger partial charge in [0.05, 0.1) is 5.91 Å². The summed E-state index contributed by atoms with van der Waals surface area (Å²) in [7, 11) is 1.68. The summed E-state index contributed by atoms with van der Waals surface area (Å²) in [5.74, 6) is 1.14. The molecule has 1 amide bonds. The number of carbonyl (C=O) groups is 1. The molecule has 70 valence electrons. The Hall–Kier alpha value is -0.0117. The topological polar surface area (TPSA) is 41.1 Å². The van der Waals surface area contributed by atoms with Gasteiger partial charge in [-0.05, 0) is 13.1 Å². The van der Waals surface area contributed by atoms with E-state index in [9.17, 15) is 4.79 Å². The molecule has 0 bridgehead atoms. The van der Waals surface area contributed by atoms with Crippen LogP contribution in [-0.2, 0) is 25.9 Å². The van der Waals surface area contributed by atoms with E-state index in [1.165, 1.54) is 0 Å². The van der Waals surface area contributed by atoms with Crippen molar-refractivity contribution in [1.29, 1.82) is 0 Å². The fourth-order valence-corrected chi connectivity index (χ4v) is 1.13. The zero-order valence-corrected chi connectivity index (χ0v) is 10.6. The molecule has 0 aliphatic carbocycles. The van der Waals surface area contributed by atoms with E-state index >= 15 is 0 Å². The molecule has 0 spiro atoms. The van der Waals surface area contributed by atoms with Crippen molar-refractivity contribution in [3.63, 3.8) is 0 Å². The molecule has 0 saturated carbocycles. The van der Waals surface area contributed by atoms with E-state index in [0.29, 0.717) is 0 Å². The molecule has 0 aromatic rings. The molecule has 2 N–H and O–H groups in total. The first kappa shape index (κ1) is 14.5. The Labute approximate surface area is 88.9 Å². The summed E-state index contributed by atoms with van der Waals surface area (Å²) < 4.78 is 0.